The molecule has 3 heteroatoms. The first-order valence-corrected chi connectivity index (χ1v) is 6.50. The van der Waals surface area contributed by atoms with Crippen molar-refractivity contribution < 1.29 is 0 Å². The predicted octanol–water partition coefficient (Wildman–Crippen LogP) is 2.10. The van der Waals surface area contributed by atoms with Crippen molar-refractivity contribution in [1.29, 1.82) is 0 Å². The second kappa shape index (κ2) is 4.58. The second-order valence-electron chi connectivity index (χ2n) is 5.16. The number of fused-ring (bicyclic) bond motifs is 1. The Hall–Kier alpha value is -1.61. The lowest BCUT2D eigenvalue weighted by Crippen LogP contribution is -2.23. The SMILES string of the molecule is CNC1c2ccccc2CC1Cc1cnn(C)c1. The summed E-state index contributed by atoms with van der Waals surface area (Å²) in [6, 6.07) is 9.25. The van der Waals surface area contributed by atoms with Crippen LogP contribution in [0.5, 0.6) is 0 Å². The van der Waals surface area contributed by atoms with E-state index in [4.69, 9.17) is 0 Å². The number of aromatic nitrogens is 2. The van der Waals surface area contributed by atoms with Crippen LogP contribution in [0, 0.1) is 5.92 Å². The number of hydrogen-bond acceptors (Lipinski definition) is 2. The van der Waals surface area contributed by atoms with Gasteiger partial charge in [-0.3, -0.25) is 4.68 Å². The fourth-order valence-corrected chi connectivity index (χ4v) is 3.14. The van der Waals surface area contributed by atoms with Gasteiger partial charge in [-0.1, -0.05) is 24.3 Å². The Morgan fingerprint density at radius 3 is 2.94 bits per heavy atom. The number of hydrogen-bond donors (Lipinski definition) is 1. The van der Waals surface area contributed by atoms with Crippen molar-refractivity contribution >= 4 is 0 Å². The molecular weight excluding hydrogens is 222 g/mol. The van der Waals surface area contributed by atoms with E-state index in [9.17, 15) is 0 Å². The van der Waals surface area contributed by atoms with E-state index < -0.39 is 0 Å². The minimum absolute atomic E-state index is 0.474. The van der Waals surface area contributed by atoms with Gasteiger partial charge in [0.1, 0.15) is 0 Å². The molecule has 3 rings (SSSR count). The molecule has 0 saturated carbocycles. The van der Waals surface area contributed by atoms with Crippen LogP contribution in [0.25, 0.3) is 0 Å². The van der Waals surface area contributed by atoms with Gasteiger partial charge in [-0.25, -0.2) is 0 Å². The van der Waals surface area contributed by atoms with E-state index in [1.54, 1.807) is 0 Å². The molecule has 2 unspecified atom stereocenters. The predicted molar refractivity (Wildman–Crippen MR) is 72.3 cm³/mol. The van der Waals surface area contributed by atoms with Gasteiger partial charge in [-0.05, 0) is 42.5 Å². The molecule has 1 N–H and O–H groups in total. The molecule has 0 fully saturated rings. The molecule has 0 saturated heterocycles. The lowest BCUT2D eigenvalue weighted by Gasteiger charge is -2.19. The van der Waals surface area contributed by atoms with Crippen molar-refractivity contribution in [2.24, 2.45) is 13.0 Å². The van der Waals surface area contributed by atoms with Crippen LogP contribution >= 0.6 is 0 Å². The van der Waals surface area contributed by atoms with E-state index in [1.807, 2.05) is 17.9 Å². The number of aryl methyl sites for hydroxylation is 1. The van der Waals surface area contributed by atoms with Gasteiger partial charge in [-0.15, -0.1) is 0 Å². The van der Waals surface area contributed by atoms with E-state index in [2.05, 4.69) is 47.9 Å². The first-order chi connectivity index (χ1) is 8.78. The summed E-state index contributed by atoms with van der Waals surface area (Å²) in [6.45, 7) is 0. The standard InChI is InChI=1S/C15H19N3/c1-16-15-13(7-11-9-17-18(2)10-11)8-12-5-3-4-6-14(12)15/h3-6,9-10,13,15-16H,7-8H2,1-2H3. The van der Waals surface area contributed by atoms with Crippen LogP contribution < -0.4 is 5.32 Å². The second-order valence-corrected chi connectivity index (χ2v) is 5.16. The molecule has 2 aromatic rings. The van der Waals surface area contributed by atoms with Crippen molar-refractivity contribution in [2.45, 2.75) is 18.9 Å². The zero-order valence-electron chi connectivity index (χ0n) is 10.9. The van der Waals surface area contributed by atoms with Crippen molar-refractivity contribution in [1.82, 2.24) is 15.1 Å². The Kier molecular flexibility index (Phi) is 2.92. The molecular formula is C15H19N3. The molecule has 3 nitrogen and oxygen atoms in total. The van der Waals surface area contributed by atoms with Crippen LogP contribution in [0.1, 0.15) is 22.7 Å². The molecule has 1 aliphatic rings. The highest BCUT2D eigenvalue weighted by atomic mass is 15.2. The third kappa shape index (κ3) is 1.95. The highest BCUT2D eigenvalue weighted by molar-refractivity contribution is 5.36. The molecule has 1 aromatic heterocycles. The van der Waals surface area contributed by atoms with E-state index in [1.165, 1.54) is 16.7 Å². The van der Waals surface area contributed by atoms with Gasteiger partial charge in [0.2, 0.25) is 0 Å². The molecule has 1 aromatic carbocycles. The molecule has 0 aliphatic heterocycles. The lowest BCUT2D eigenvalue weighted by molar-refractivity contribution is 0.410. The Morgan fingerprint density at radius 1 is 1.39 bits per heavy atom. The maximum atomic E-state index is 4.25. The van der Waals surface area contributed by atoms with Gasteiger partial charge >= 0.3 is 0 Å². The van der Waals surface area contributed by atoms with E-state index >= 15 is 0 Å². The third-order valence-electron chi connectivity index (χ3n) is 3.91. The van der Waals surface area contributed by atoms with Crippen LogP contribution in [0.3, 0.4) is 0 Å². The van der Waals surface area contributed by atoms with Gasteiger partial charge in [0.15, 0.2) is 0 Å². The summed E-state index contributed by atoms with van der Waals surface area (Å²) in [5.74, 6) is 0.636. The van der Waals surface area contributed by atoms with Crippen molar-refractivity contribution in [2.75, 3.05) is 7.05 Å². The van der Waals surface area contributed by atoms with E-state index in [0.29, 0.717) is 12.0 Å². The zero-order chi connectivity index (χ0) is 12.5. The molecule has 0 bridgehead atoms. The first-order valence-electron chi connectivity index (χ1n) is 6.50. The number of benzene rings is 1. The fraction of sp³-hybridized carbons (Fsp3) is 0.400. The molecule has 0 radical (unpaired) electrons. The van der Waals surface area contributed by atoms with Crippen molar-refractivity contribution in [3.63, 3.8) is 0 Å². The summed E-state index contributed by atoms with van der Waals surface area (Å²) in [5, 5.41) is 7.72. The van der Waals surface area contributed by atoms with E-state index in [0.717, 1.165) is 12.8 Å². The number of rotatable bonds is 3. The number of nitrogens with one attached hydrogen (secondary N) is 1. The van der Waals surface area contributed by atoms with Crippen molar-refractivity contribution in [3.05, 3.63) is 53.3 Å². The average Bonchev–Trinajstić information content (AvgIpc) is 2.92. The van der Waals surface area contributed by atoms with Crippen LogP contribution in [-0.4, -0.2) is 16.8 Å². The first kappa shape index (κ1) is 11.5. The molecule has 94 valence electrons. The van der Waals surface area contributed by atoms with Gasteiger partial charge in [-0.2, -0.15) is 5.10 Å². The van der Waals surface area contributed by atoms with Gasteiger partial charge in [0.05, 0.1) is 6.20 Å². The minimum Gasteiger partial charge on any atom is -0.313 e. The quantitative estimate of drug-likeness (QED) is 0.892. The van der Waals surface area contributed by atoms with Gasteiger partial charge < -0.3 is 5.32 Å². The fourth-order valence-electron chi connectivity index (χ4n) is 3.14. The molecule has 1 heterocycles. The maximum Gasteiger partial charge on any atom is 0.0521 e. The van der Waals surface area contributed by atoms with Crippen LogP contribution in [0.15, 0.2) is 36.7 Å². The Balaban J connectivity index is 1.83. The summed E-state index contributed by atoms with van der Waals surface area (Å²) in [5.41, 5.74) is 4.29. The smallest absolute Gasteiger partial charge is 0.0521 e. The summed E-state index contributed by atoms with van der Waals surface area (Å²) < 4.78 is 1.88. The van der Waals surface area contributed by atoms with Crippen LogP contribution in [0.4, 0.5) is 0 Å². The van der Waals surface area contributed by atoms with Gasteiger partial charge in [0, 0.05) is 19.3 Å². The topological polar surface area (TPSA) is 29.9 Å². The Morgan fingerprint density at radius 2 is 2.22 bits per heavy atom. The highest BCUT2D eigenvalue weighted by Gasteiger charge is 2.31. The Labute approximate surface area is 108 Å². The van der Waals surface area contributed by atoms with Crippen LogP contribution in [-0.2, 0) is 19.9 Å². The van der Waals surface area contributed by atoms with Crippen molar-refractivity contribution in [3.8, 4) is 0 Å². The number of nitrogens with zero attached hydrogens (tertiary/aromatic N) is 2. The molecule has 2 atom stereocenters. The zero-order valence-corrected chi connectivity index (χ0v) is 10.9. The lowest BCUT2D eigenvalue weighted by atomic mass is 9.94. The molecule has 1 aliphatic carbocycles. The van der Waals surface area contributed by atoms with Gasteiger partial charge in [0.25, 0.3) is 0 Å². The Bertz CT molecular complexity index is 544. The summed E-state index contributed by atoms with van der Waals surface area (Å²) in [6.07, 6.45) is 6.36. The summed E-state index contributed by atoms with van der Waals surface area (Å²) in [4.78, 5) is 0. The van der Waals surface area contributed by atoms with Crippen LogP contribution in [0.2, 0.25) is 0 Å². The third-order valence-corrected chi connectivity index (χ3v) is 3.91. The summed E-state index contributed by atoms with van der Waals surface area (Å²) in [7, 11) is 4.03. The molecule has 0 amide bonds. The highest BCUT2D eigenvalue weighted by Crippen LogP contribution is 2.37. The van der Waals surface area contributed by atoms with E-state index in [-0.39, 0.29) is 0 Å². The normalized spacial score (nSPS) is 22.1. The molecule has 0 spiro atoms. The average molecular weight is 241 g/mol. The maximum absolute atomic E-state index is 4.25. The molecule has 18 heavy (non-hydrogen) atoms. The largest absolute Gasteiger partial charge is 0.313 e. The summed E-state index contributed by atoms with van der Waals surface area (Å²) >= 11 is 0. The monoisotopic (exact) mass is 241 g/mol. The minimum atomic E-state index is 0.474.